The molecule has 19 heavy (non-hydrogen) atoms. The molecule has 1 heterocycles. The van der Waals surface area contributed by atoms with Crippen molar-refractivity contribution in [3.8, 4) is 0 Å². The quantitative estimate of drug-likeness (QED) is 0.518. The van der Waals surface area contributed by atoms with Crippen LogP contribution in [0.3, 0.4) is 0 Å². The molecule has 0 aliphatic rings. The van der Waals surface area contributed by atoms with Gasteiger partial charge in [-0.2, -0.15) is 27.1 Å². The summed E-state index contributed by atoms with van der Waals surface area (Å²) in [7, 11) is 0.701. The Morgan fingerprint density at radius 2 is 1.84 bits per heavy atom. The van der Waals surface area contributed by atoms with Crippen molar-refractivity contribution in [1.29, 1.82) is 0 Å². The number of carbonyl (C=O) groups is 1. The number of rotatable bonds is 3. The number of aryl methyl sites for hydroxylation is 1. The normalized spacial score (nSPS) is 12.5. The smallest absolute Gasteiger partial charge is 0.460 e. The van der Waals surface area contributed by atoms with Crippen molar-refractivity contribution in [3.63, 3.8) is 0 Å². The molecule has 0 fully saturated rings. The molecule has 1 rings (SSSR count). The Hall–Kier alpha value is -2.27. The van der Waals surface area contributed by atoms with Crippen LogP contribution in [0.4, 0.5) is 27.6 Å². The summed E-state index contributed by atoms with van der Waals surface area (Å²) in [5.74, 6) is -7.69. The van der Waals surface area contributed by atoms with Gasteiger partial charge in [-0.3, -0.25) is 14.8 Å². The first-order chi connectivity index (χ1) is 8.41. The standard InChI is InChI=1S/C7H4F5N3O4/c1-14-3(5(16)17)2(15(18)19)4(13-14)6(8,9)7(10,11)12/h1H3,(H,16,17). The first kappa shape index (κ1) is 14.8. The van der Waals surface area contributed by atoms with E-state index in [1.165, 1.54) is 0 Å². The molecule has 0 aliphatic carbocycles. The lowest BCUT2D eigenvalue weighted by atomic mass is 10.2. The zero-order valence-corrected chi connectivity index (χ0v) is 8.90. The van der Waals surface area contributed by atoms with E-state index in [1.807, 2.05) is 0 Å². The minimum absolute atomic E-state index is 0.0788. The Kier molecular flexibility index (Phi) is 3.22. The molecule has 0 unspecified atom stereocenters. The number of carboxylic acids is 1. The van der Waals surface area contributed by atoms with Crippen LogP contribution in [0.15, 0.2) is 0 Å². The highest BCUT2D eigenvalue weighted by Gasteiger charge is 2.64. The van der Waals surface area contributed by atoms with E-state index in [-0.39, 0.29) is 4.68 Å². The number of alkyl halides is 5. The van der Waals surface area contributed by atoms with Crippen LogP contribution in [-0.4, -0.2) is 32.0 Å². The molecule has 0 aliphatic heterocycles. The molecule has 7 nitrogen and oxygen atoms in total. The predicted octanol–water partition coefficient (Wildman–Crippen LogP) is 1.68. The first-order valence-electron chi connectivity index (χ1n) is 4.31. The van der Waals surface area contributed by atoms with Gasteiger partial charge >= 0.3 is 23.8 Å². The minimum atomic E-state index is -6.14. The topological polar surface area (TPSA) is 98.3 Å². The number of halogens is 5. The van der Waals surface area contributed by atoms with Gasteiger partial charge in [-0.05, 0) is 0 Å². The third-order valence-corrected chi connectivity index (χ3v) is 2.06. The van der Waals surface area contributed by atoms with Crippen molar-refractivity contribution in [2.75, 3.05) is 0 Å². The van der Waals surface area contributed by atoms with Crippen LogP contribution in [0.5, 0.6) is 0 Å². The molecule has 0 bridgehead atoms. The SMILES string of the molecule is Cn1nc(C(F)(F)C(F)(F)F)c([N+](=O)[O-])c1C(=O)O. The second kappa shape index (κ2) is 4.13. The average Bonchev–Trinajstić information content (AvgIpc) is 2.54. The van der Waals surface area contributed by atoms with E-state index in [9.17, 15) is 36.9 Å². The van der Waals surface area contributed by atoms with E-state index in [0.29, 0.717) is 7.05 Å². The van der Waals surface area contributed by atoms with Crippen molar-refractivity contribution in [1.82, 2.24) is 9.78 Å². The molecule has 12 heteroatoms. The lowest BCUT2D eigenvalue weighted by Crippen LogP contribution is -2.34. The van der Waals surface area contributed by atoms with Gasteiger partial charge in [0.05, 0.1) is 4.92 Å². The molecule has 106 valence electrons. The third-order valence-electron chi connectivity index (χ3n) is 2.06. The van der Waals surface area contributed by atoms with Crippen molar-refractivity contribution < 1.29 is 36.8 Å². The second-order valence-corrected chi connectivity index (χ2v) is 3.30. The summed E-state index contributed by atoms with van der Waals surface area (Å²) in [4.78, 5) is 19.5. The summed E-state index contributed by atoms with van der Waals surface area (Å²) in [5, 5.41) is 21.7. The maximum Gasteiger partial charge on any atom is 0.460 e. The zero-order chi connectivity index (χ0) is 15.2. The molecule has 0 aromatic carbocycles. The maximum absolute atomic E-state index is 13.0. The molecular weight excluding hydrogens is 285 g/mol. The number of aromatic carboxylic acids is 1. The van der Waals surface area contributed by atoms with Gasteiger partial charge in [0.2, 0.25) is 11.4 Å². The van der Waals surface area contributed by atoms with Crippen LogP contribution >= 0.6 is 0 Å². The molecule has 0 saturated heterocycles. The van der Waals surface area contributed by atoms with Gasteiger partial charge in [0.15, 0.2) is 0 Å². The van der Waals surface area contributed by atoms with Crippen molar-refractivity contribution >= 4 is 11.7 Å². The largest absolute Gasteiger partial charge is 0.476 e. The number of carboxylic acid groups (broad SMARTS) is 1. The number of hydrogen-bond acceptors (Lipinski definition) is 4. The highest BCUT2D eigenvalue weighted by Crippen LogP contribution is 2.47. The minimum Gasteiger partial charge on any atom is -0.476 e. The third kappa shape index (κ3) is 2.20. The van der Waals surface area contributed by atoms with Crippen LogP contribution in [0, 0.1) is 10.1 Å². The van der Waals surface area contributed by atoms with E-state index < -0.39 is 40.1 Å². The molecule has 1 aromatic heterocycles. The van der Waals surface area contributed by atoms with E-state index in [0.717, 1.165) is 0 Å². The van der Waals surface area contributed by atoms with Gasteiger partial charge in [0.1, 0.15) is 0 Å². The number of aromatic nitrogens is 2. The molecular formula is C7H4F5N3O4. The molecule has 0 saturated carbocycles. The Labute approximate surface area is 99.9 Å². The molecule has 1 aromatic rings. The Bertz CT molecular complexity index is 550. The molecule has 1 N–H and O–H groups in total. The number of nitrogens with zero attached hydrogens (tertiary/aromatic N) is 3. The van der Waals surface area contributed by atoms with Crippen LogP contribution in [-0.2, 0) is 13.0 Å². The van der Waals surface area contributed by atoms with E-state index >= 15 is 0 Å². The lowest BCUT2D eigenvalue weighted by molar-refractivity contribution is -0.390. The summed E-state index contributed by atoms with van der Waals surface area (Å²) in [6.07, 6.45) is -6.14. The van der Waals surface area contributed by atoms with Crippen LogP contribution < -0.4 is 0 Å². The van der Waals surface area contributed by atoms with Gasteiger partial charge < -0.3 is 5.11 Å². The summed E-state index contributed by atoms with van der Waals surface area (Å²) < 4.78 is 62.6. The summed E-state index contributed by atoms with van der Waals surface area (Å²) in [5.41, 5.74) is -5.52. The van der Waals surface area contributed by atoms with Gasteiger partial charge in [0.25, 0.3) is 0 Å². The van der Waals surface area contributed by atoms with Crippen LogP contribution in [0.1, 0.15) is 16.2 Å². The lowest BCUT2D eigenvalue weighted by Gasteiger charge is -2.16. The Balaban J connectivity index is 3.68. The fraction of sp³-hybridized carbons (Fsp3) is 0.429. The fourth-order valence-corrected chi connectivity index (χ4v) is 1.27. The predicted molar refractivity (Wildman–Crippen MR) is 46.8 cm³/mol. The summed E-state index contributed by atoms with van der Waals surface area (Å²) in [6, 6.07) is 0. The van der Waals surface area contributed by atoms with E-state index in [1.54, 1.807) is 0 Å². The van der Waals surface area contributed by atoms with Gasteiger partial charge in [-0.25, -0.2) is 4.79 Å². The van der Waals surface area contributed by atoms with Crippen molar-refractivity contribution in [3.05, 3.63) is 21.5 Å². The van der Waals surface area contributed by atoms with Crippen LogP contribution in [0.25, 0.3) is 0 Å². The zero-order valence-electron chi connectivity index (χ0n) is 8.90. The summed E-state index contributed by atoms with van der Waals surface area (Å²) >= 11 is 0. The highest BCUT2D eigenvalue weighted by molar-refractivity contribution is 5.91. The van der Waals surface area contributed by atoms with Gasteiger partial charge in [-0.15, -0.1) is 0 Å². The Morgan fingerprint density at radius 1 is 1.37 bits per heavy atom. The number of hydrogen-bond donors (Lipinski definition) is 1. The van der Waals surface area contributed by atoms with Crippen LogP contribution in [0.2, 0.25) is 0 Å². The molecule has 0 radical (unpaired) electrons. The summed E-state index contributed by atoms with van der Waals surface area (Å²) in [6.45, 7) is 0. The highest BCUT2D eigenvalue weighted by atomic mass is 19.4. The maximum atomic E-state index is 13.0. The van der Waals surface area contributed by atoms with Gasteiger partial charge in [-0.1, -0.05) is 0 Å². The van der Waals surface area contributed by atoms with E-state index in [2.05, 4.69) is 5.10 Å². The molecule has 0 spiro atoms. The van der Waals surface area contributed by atoms with E-state index in [4.69, 9.17) is 5.11 Å². The number of nitro groups is 1. The average molecular weight is 289 g/mol. The van der Waals surface area contributed by atoms with Crippen molar-refractivity contribution in [2.24, 2.45) is 7.05 Å². The van der Waals surface area contributed by atoms with Crippen molar-refractivity contribution in [2.45, 2.75) is 12.1 Å². The Morgan fingerprint density at radius 3 is 2.16 bits per heavy atom. The first-order valence-corrected chi connectivity index (χ1v) is 4.31. The monoisotopic (exact) mass is 289 g/mol. The second-order valence-electron chi connectivity index (χ2n) is 3.30. The fourth-order valence-electron chi connectivity index (χ4n) is 1.27. The van der Waals surface area contributed by atoms with Gasteiger partial charge in [0, 0.05) is 7.05 Å². The molecule has 0 amide bonds. The molecule has 0 atom stereocenters.